The van der Waals surface area contributed by atoms with E-state index in [9.17, 15) is 0 Å². The van der Waals surface area contributed by atoms with E-state index in [2.05, 4.69) is 19.6 Å². The van der Waals surface area contributed by atoms with E-state index in [0.717, 1.165) is 13.0 Å². The Morgan fingerprint density at radius 2 is 1.78 bits per heavy atom. The van der Waals surface area contributed by atoms with Gasteiger partial charge in [-0.25, -0.2) is 0 Å². The molecule has 0 N–H and O–H groups in total. The van der Waals surface area contributed by atoms with E-state index in [4.69, 9.17) is 9.47 Å². The lowest BCUT2D eigenvalue weighted by Crippen LogP contribution is -2.03. The van der Waals surface area contributed by atoms with Gasteiger partial charge in [-0.05, 0) is 6.42 Å². The molecule has 0 spiro atoms. The zero-order valence-electron chi connectivity index (χ0n) is 5.76. The van der Waals surface area contributed by atoms with Gasteiger partial charge in [0.05, 0.1) is 13.2 Å². The second kappa shape index (κ2) is 8.27. The maximum absolute atomic E-state index is 5.11. The van der Waals surface area contributed by atoms with E-state index in [1.807, 2.05) is 0 Å². The smallest absolute Gasteiger partial charge is 0.102 e. The van der Waals surface area contributed by atoms with Crippen molar-refractivity contribution in [1.82, 2.24) is 0 Å². The van der Waals surface area contributed by atoms with E-state index in [0.29, 0.717) is 19.2 Å². The summed E-state index contributed by atoms with van der Waals surface area (Å²) in [7, 11) is 0. The number of hydrogen-bond acceptors (Lipinski definition) is 2. The first-order chi connectivity index (χ1) is 4.41. The SMILES string of the molecule is CCCOCCOC[S]. The molecule has 0 aromatic rings. The third-order valence-electron chi connectivity index (χ3n) is 0.804. The van der Waals surface area contributed by atoms with Crippen LogP contribution in [-0.2, 0) is 9.47 Å². The molecule has 0 fully saturated rings. The fourth-order valence-electron chi connectivity index (χ4n) is 0.423. The predicted molar refractivity (Wildman–Crippen MR) is 39.5 cm³/mol. The third kappa shape index (κ3) is 8.27. The maximum atomic E-state index is 5.11. The molecule has 0 rings (SSSR count). The highest BCUT2D eigenvalue weighted by Crippen LogP contribution is 1.82. The standard InChI is InChI=1S/C6H13O2S/c1-2-3-7-4-5-8-6-9/h2-6H2,1H3. The first-order valence-corrected chi connectivity index (χ1v) is 3.73. The summed E-state index contributed by atoms with van der Waals surface area (Å²) in [4.78, 5) is 0. The highest BCUT2D eigenvalue weighted by Gasteiger charge is 1.84. The Morgan fingerprint density at radius 1 is 1.11 bits per heavy atom. The minimum atomic E-state index is 0.371. The van der Waals surface area contributed by atoms with Crippen molar-refractivity contribution in [3.05, 3.63) is 0 Å². The lowest BCUT2D eigenvalue weighted by atomic mass is 10.5. The largest absolute Gasteiger partial charge is 0.379 e. The Balaban J connectivity index is 2.60. The average molecular weight is 149 g/mol. The van der Waals surface area contributed by atoms with Gasteiger partial charge >= 0.3 is 0 Å². The topological polar surface area (TPSA) is 18.5 Å². The molecule has 0 aliphatic heterocycles. The predicted octanol–water partition coefficient (Wildman–Crippen LogP) is 1.58. The molecular formula is C6H13O2S. The summed E-state index contributed by atoms with van der Waals surface area (Å²) in [6.07, 6.45) is 1.06. The van der Waals surface area contributed by atoms with Crippen LogP contribution < -0.4 is 0 Å². The van der Waals surface area contributed by atoms with Gasteiger partial charge in [0.15, 0.2) is 0 Å². The van der Waals surface area contributed by atoms with Gasteiger partial charge in [0, 0.05) is 6.61 Å². The number of rotatable bonds is 6. The van der Waals surface area contributed by atoms with E-state index >= 15 is 0 Å². The summed E-state index contributed by atoms with van der Waals surface area (Å²) < 4.78 is 9.98. The van der Waals surface area contributed by atoms with Crippen molar-refractivity contribution < 1.29 is 9.47 Å². The van der Waals surface area contributed by atoms with Crippen molar-refractivity contribution in [3.63, 3.8) is 0 Å². The van der Waals surface area contributed by atoms with Crippen LogP contribution >= 0.6 is 12.6 Å². The molecule has 2 nitrogen and oxygen atoms in total. The maximum Gasteiger partial charge on any atom is 0.102 e. The van der Waals surface area contributed by atoms with Gasteiger partial charge in [-0.1, -0.05) is 19.6 Å². The molecule has 0 heterocycles. The highest BCUT2D eigenvalue weighted by molar-refractivity contribution is 7.80. The Hall–Kier alpha value is 0.270. The van der Waals surface area contributed by atoms with Gasteiger partial charge in [-0.2, -0.15) is 0 Å². The lowest BCUT2D eigenvalue weighted by Gasteiger charge is -2.00. The molecule has 0 aliphatic rings. The second-order valence-corrected chi connectivity index (χ2v) is 1.87. The Kier molecular flexibility index (Phi) is 8.52. The Labute approximate surface area is 61.9 Å². The molecule has 3 heteroatoms. The monoisotopic (exact) mass is 149 g/mol. The normalized spacial score (nSPS) is 10.0. The van der Waals surface area contributed by atoms with Crippen molar-refractivity contribution >= 4 is 12.6 Å². The van der Waals surface area contributed by atoms with Gasteiger partial charge < -0.3 is 9.47 Å². The molecule has 1 radical (unpaired) electrons. The van der Waals surface area contributed by atoms with Crippen LogP contribution in [0.3, 0.4) is 0 Å². The molecule has 0 saturated carbocycles. The van der Waals surface area contributed by atoms with E-state index < -0.39 is 0 Å². The van der Waals surface area contributed by atoms with Crippen LogP contribution in [0.4, 0.5) is 0 Å². The summed E-state index contributed by atoms with van der Waals surface area (Å²) >= 11 is 4.55. The quantitative estimate of drug-likeness (QED) is 0.534. The van der Waals surface area contributed by atoms with Gasteiger partial charge in [-0.15, -0.1) is 0 Å². The highest BCUT2D eigenvalue weighted by atomic mass is 32.1. The fourth-order valence-corrected chi connectivity index (χ4v) is 0.541. The zero-order valence-corrected chi connectivity index (χ0v) is 6.58. The van der Waals surface area contributed by atoms with Gasteiger partial charge in [0.2, 0.25) is 0 Å². The summed E-state index contributed by atoms with van der Waals surface area (Å²) in [5.74, 6) is 0.371. The van der Waals surface area contributed by atoms with Gasteiger partial charge in [0.25, 0.3) is 0 Å². The molecule has 55 valence electrons. The van der Waals surface area contributed by atoms with Crippen molar-refractivity contribution in [2.45, 2.75) is 13.3 Å². The molecule has 9 heavy (non-hydrogen) atoms. The van der Waals surface area contributed by atoms with E-state index in [1.54, 1.807) is 0 Å². The molecule has 0 aromatic carbocycles. The molecule has 0 amide bonds. The third-order valence-corrected chi connectivity index (χ3v) is 0.970. The molecule has 0 unspecified atom stereocenters. The van der Waals surface area contributed by atoms with Gasteiger partial charge in [0.1, 0.15) is 5.94 Å². The molecule has 0 aromatic heterocycles. The first-order valence-electron chi connectivity index (χ1n) is 3.15. The molecular weight excluding hydrogens is 136 g/mol. The van der Waals surface area contributed by atoms with E-state index in [-0.39, 0.29) is 0 Å². The first kappa shape index (κ1) is 9.27. The van der Waals surface area contributed by atoms with Gasteiger partial charge in [-0.3, -0.25) is 0 Å². The molecule has 0 atom stereocenters. The average Bonchev–Trinajstić information content (AvgIpc) is 1.89. The summed E-state index contributed by atoms with van der Waals surface area (Å²) in [6.45, 7) is 4.20. The molecule has 0 bridgehead atoms. The summed E-state index contributed by atoms with van der Waals surface area (Å²) in [5.41, 5.74) is 0. The minimum Gasteiger partial charge on any atom is -0.379 e. The van der Waals surface area contributed by atoms with Crippen LogP contribution in [0.5, 0.6) is 0 Å². The Morgan fingerprint density at radius 3 is 2.33 bits per heavy atom. The van der Waals surface area contributed by atoms with Crippen LogP contribution in [0, 0.1) is 0 Å². The van der Waals surface area contributed by atoms with Crippen molar-refractivity contribution in [2.75, 3.05) is 25.8 Å². The second-order valence-electron chi connectivity index (χ2n) is 1.64. The van der Waals surface area contributed by atoms with Crippen LogP contribution in [0.15, 0.2) is 0 Å². The number of ether oxygens (including phenoxy) is 2. The summed E-state index contributed by atoms with van der Waals surface area (Å²) in [6, 6.07) is 0. The van der Waals surface area contributed by atoms with Crippen molar-refractivity contribution in [1.29, 1.82) is 0 Å². The summed E-state index contributed by atoms with van der Waals surface area (Å²) in [5, 5.41) is 0. The van der Waals surface area contributed by atoms with Crippen LogP contribution in [0.1, 0.15) is 13.3 Å². The molecule has 0 saturated heterocycles. The van der Waals surface area contributed by atoms with Crippen LogP contribution in [0.25, 0.3) is 0 Å². The van der Waals surface area contributed by atoms with Crippen molar-refractivity contribution in [3.8, 4) is 0 Å². The Bertz CT molecular complexity index is 44.3. The van der Waals surface area contributed by atoms with Crippen LogP contribution in [-0.4, -0.2) is 25.8 Å². The zero-order chi connectivity index (χ0) is 6.95. The van der Waals surface area contributed by atoms with E-state index in [1.165, 1.54) is 0 Å². The minimum absolute atomic E-state index is 0.371. The van der Waals surface area contributed by atoms with Crippen LogP contribution in [0.2, 0.25) is 0 Å². The fraction of sp³-hybridized carbons (Fsp3) is 1.00. The number of hydrogen-bond donors (Lipinski definition) is 0. The lowest BCUT2D eigenvalue weighted by molar-refractivity contribution is 0.0662. The van der Waals surface area contributed by atoms with Crippen molar-refractivity contribution in [2.24, 2.45) is 0 Å². The molecule has 0 aliphatic carbocycles.